The molecule has 29 heavy (non-hydrogen) atoms. The predicted octanol–water partition coefficient (Wildman–Crippen LogP) is 4.97. The number of benzene rings is 2. The fourth-order valence-electron chi connectivity index (χ4n) is 3.81. The third-order valence-corrected chi connectivity index (χ3v) is 5.67. The minimum absolute atomic E-state index is 0.00508. The van der Waals surface area contributed by atoms with Crippen LogP contribution in [0.4, 0.5) is 0 Å². The van der Waals surface area contributed by atoms with Gasteiger partial charge in [0.1, 0.15) is 5.75 Å². The largest absolute Gasteiger partial charge is 0.493 e. The average Bonchev–Trinajstić information content (AvgIpc) is 2.71. The summed E-state index contributed by atoms with van der Waals surface area (Å²) in [6, 6.07) is 9.57. The normalized spacial score (nSPS) is 15.6. The van der Waals surface area contributed by atoms with Gasteiger partial charge in [-0.2, -0.15) is 0 Å². The standard InChI is InChI=1S/C23H28ClNO4/c1-15-12-18(24)7-8-20(15)29-11-5-6-23(26)25-10-9-17-13-21(27-3)22(28-4)14-19(17)16(25)2/h7-8,12-14,16H,5-6,9-11H2,1-4H3/t16-/m0/s1. The van der Waals surface area contributed by atoms with Crippen LogP contribution in [0.3, 0.4) is 0 Å². The molecule has 0 saturated carbocycles. The van der Waals surface area contributed by atoms with Crippen molar-refractivity contribution in [2.75, 3.05) is 27.4 Å². The second-order valence-corrected chi connectivity index (χ2v) is 7.72. The van der Waals surface area contributed by atoms with E-state index >= 15 is 0 Å². The van der Waals surface area contributed by atoms with Crippen molar-refractivity contribution in [3.63, 3.8) is 0 Å². The molecule has 2 aromatic rings. The van der Waals surface area contributed by atoms with Gasteiger partial charge in [-0.1, -0.05) is 11.6 Å². The molecule has 1 amide bonds. The van der Waals surface area contributed by atoms with E-state index < -0.39 is 0 Å². The lowest BCUT2D eigenvalue weighted by molar-refractivity contribution is -0.134. The highest BCUT2D eigenvalue weighted by atomic mass is 35.5. The van der Waals surface area contributed by atoms with Crippen LogP contribution >= 0.6 is 11.6 Å². The number of halogens is 1. The van der Waals surface area contributed by atoms with Gasteiger partial charge in [0.2, 0.25) is 5.91 Å². The second kappa shape index (κ2) is 9.40. The van der Waals surface area contributed by atoms with Gasteiger partial charge < -0.3 is 19.1 Å². The van der Waals surface area contributed by atoms with E-state index in [9.17, 15) is 4.79 Å². The lowest BCUT2D eigenvalue weighted by atomic mass is 9.92. The van der Waals surface area contributed by atoms with Gasteiger partial charge in [0.25, 0.3) is 0 Å². The van der Waals surface area contributed by atoms with Gasteiger partial charge in [-0.3, -0.25) is 4.79 Å². The Balaban J connectivity index is 1.58. The van der Waals surface area contributed by atoms with E-state index in [4.69, 9.17) is 25.8 Å². The number of carbonyl (C=O) groups excluding carboxylic acids is 1. The highest BCUT2D eigenvalue weighted by Crippen LogP contribution is 2.38. The van der Waals surface area contributed by atoms with Crippen LogP contribution in [-0.4, -0.2) is 38.2 Å². The molecule has 2 aromatic carbocycles. The van der Waals surface area contributed by atoms with E-state index in [2.05, 4.69) is 6.92 Å². The summed E-state index contributed by atoms with van der Waals surface area (Å²) in [7, 11) is 3.27. The molecule has 1 atom stereocenters. The molecular weight excluding hydrogens is 390 g/mol. The number of rotatable bonds is 7. The smallest absolute Gasteiger partial charge is 0.223 e. The maximum Gasteiger partial charge on any atom is 0.223 e. The highest BCUT2D eigenvalue weighted by Gasteiger charge is 2.28. The zero-order valence-electron chi connectivity index (χ0n) is 17.5. The quantitative estimate of drug-likeness (QED) is 0.597. The third-order valence-electron chi connectivity index (χ3n) is 5.43. The first-order valence-corrected chi connectivity index (χ1v) is 10.3. The van der Waals surface area contributed by atoms with Crippen LogP contribution in [0.5, 0.6) is 17.2 Å². The van der Waals surface area contributed by atoms with Crippen LogP contribution in [0.15, 0.2) is 30.3 Å². The van der Waals surface area contributed by atoms with Crippen molar-refractivity contribution >= 4 is 17.5 Å². The SMILES string of the molecule is COc1cc2c(cc1OC)[C@H](C)N(C(=O)CCCOc1ccc(Cl)cc1C)CC2. The van der Waals surface area contributed by atoms with E-state index in [0.29, 0.717) is 36.8 Å². The van der Waals surface area contributed by atoms with Crippen molar-refractivity contribution in [1.29, 1.82) is 0 Å². The first-order chi connectivity index (χ1) is 13.9. The molecule has 0 radical (unpaired) electrons. The average molecular weight is 418 g/mol. The van der Waals surface area contributed by atoms with Crippen molar-refractivity contribution in [2.24, 2.45) is 0 Å². The molecule has 0 spiro atoms. The highest BCUT2D eigenvalue weighted by molar-refractivity contribution is 6.30. The fraction of sp³-hybridized carbons (Fsp3) is 0.435. The fourth-order valence-corrected chi connectivity index (χ4v) is 4.04. The number of amides is 1. The Kier molecular flexibility index (Phi) is 6.91. The summed E-state index contributed by atoms with van der Waals surface area (Å²) >= 11 is 5.97. The van der Waals surface area contributed by atoms with Gasteiger partial charge in [0, 0.05) is 18.0 Å². The number of aryl methyl sites for hydroxylation is 1. The summed E-state index contributed by atoms with van der Waals surface area (Å²) in [6.07, 6.45) is 1.94. The number of hydrogen-bond donors (Lipinski definition) is 0. The molecule has 5 nitrogen and oxygen atoms in total. The lowest BCUT2D eigenvalue weighted by Gasteiger charge is -2.36. The Morgan fingerprint density at radius 2 is 1.86 bits per heavy atom. The number of ether oxygens (including phenoxy) is 3. The number of methoxy groups -OCH3 is 2. The summed E-state index contributed by atoms with van der Waals surface area (Å²) in [5.41, 5.74) is 3.32. The Hall–Kier alpha value is -2.40. The third kappa shape index (κ3) is 4.78. The van der Waals surface area contributed by atoms with Gasteiger partial charge in [0.05, 0.1) is 26.9 Å². The molecule has 1 aliphatic heterocycles. The molecule has 0 bridgehead atoms. The topological polar surface area (TPSA) is 48.0 Å². The van der Waals surface area contributed by atoms with Gasteiger partial charge in [-0.15, -0.1) is 0 Å². The molecule has 0 fully saturated rings. The summed E-state index contributed by atoms with van der Waals surface area (Å²) in [4.78, 5) is 14.8. The lowest BCUT2D eigenvalue weighted by Crippen LogP contribution is -2.38. The van der Waals surface area contributed by atoms with Crippen LogP contribution in [0.2, 0.25) is 5.02 Å². The maximum atomic E-state index is 12.8. The van der Waals surface area contributed by atoms with E-state index in [0.717, 1.165) is 29.0 Å². The van der Waals surface area contributed by atoms with Crippen molar-refractivity contribution in [1.82, 2.24) is 4.90 Å². The Labute approximate surface area is 177 Å². The molecular formula is C23H28ClNO4. The van der Waals surface area contributed by atoms with Crippen LogP contribution in [0.25, 0.3) is 0 Å². The summed E-state index contributed by atoms with van der Waals surface area (Å²) in [5, 5.41) is 0.693. The van der Waals surface area contributed by atoms with E-state index in [1.54, 1.807) is 14.2 Å². The van der Waals surface area contributed by atoms with Crippen molar-refractivity contribution in [3.05, 3.63) is 52.0 Å². The van der Waals surface area contributed by atoms with Crippen LogP contribution in [-0.2, 0) is 11.2 Å². The monoisotopic (exact) mass is 417 g/mol. The van der Waals surface area contributed by atoms with Crippen LogP contribution in [0, 0.1) is 6.92 Å². The predicted molar refractivity (Wildman–Crippen MR) is 114 cm³/mol. The van der Waals surface area contributed by atoms with Crippen molar-refractivity contribution < 1.29 is 19.0 Å². The number of nitrogens with zero attached hydrogens (tertiary/aromatic N) is 1. The van der Waals surface area contributed by atoms with E-state index in [1.165, 1.54) is 5.56 Å². The Morgan fingerprint density at radius 1 is 1.14 bits per heavy atom. The summed E-state index contributed by atoms with van der Waals surface area (Å²) < 4.78 is 16.6. The van der Waals surface area contributed by atoms with Crippen LogP contribution < -0.4 is 14.2 Å². The van der Waals surface area contributed by atoms with Gasteiger partial charge in [0.15, 0.2) is 11.5 Å². The summed E-state index contributed by atoms with van der Waals surface area (Å²) in [5.74, 6) is 2.38. The van der Waals surface area contributed by atoms with E-state index in [-0.39, 0.29) is 11.9 Å². The first kappa shape index (κ1) is 21.3. The van der Waals surface area contributed by atoms with E-state index in [1.807, 2.05) is 42.2 Å². The summed E-state index contributed by atoms with van der Waals surface area (Å²) in [6.45, 7) is 5.23. The molecule has 0 unspecified atom stereocenters. The van der Waals surface area contributed by atoms with Gasteiger partial charge in [-0.25, -0.2) is 0 Å². The second-order valence-electron chi connectivity index (χ2n) is 7.28. The molecule has 1 heterocycles. The van der Waals surface area contributed by atoms with Crippen LogP contribution in [0.1, 0.15) is 42.5 Å². The molecule has 0 aliphatic carbocycles. The molecule has 1 aliphatic rings. The van der Waals surface area contributed by atoms with Gasteiger partial charge in [-0.05, 0) is 73.7 Å². The molecule has 0 N–H and O–H groups in total. The zero-order chi connectivity index (χ0) is 21.0. The van der Waals surface area contributed by atoms with Gasteiger partial charge >= 0.3 is 0 Å². The Bertz CT molecular complexity index is 883. The molecule has 0 aromatic heterocycles. The number of hydrogen-bond acceptors (Lipinski definition) is 4. The zero-order valence-corrected chi connectivity index (χ0v) is 18.2. The minimum Gasteiger partial charge on any atom is -0.493 e. The first-order valence-electron chi connectivity index (χ1n) is 9.87. The maximum absolute atomic E-state index is 12.8. The molecule has 6 heteroatoms. The minimum atomic E-state index is 0.00508. The van der Waals surface area contributed by atoms with Crippen molar-refractivity contribution in [3.8, 4) is 17.2 Å². The number of fused-ring (bicyclic) bond motifs is 1. The molecule has 3 rings (SSSR count). The Morgan fingerprint density at radius 3 is 2.55 bits per heavy atom. The molecule has 156 valence electrons. The molecule has 0 saturated heterocycles. The van der Waals surface area contributed by atoms with Crippen molar-refractivity contribution in [2.45, 2.75) is 39.2 Å². The number of carbonyl (C=O) groups is 1.